The van der Waals surface area contributed by atoms with Gasteiger partial charge in [0.05, 0.1) is 12.7 Å². The number of ketones is 1. The molecule has 0 bridgehead atoms. The lowest BCUT2D eigenvalue weighted by molar-refractivity contribution is -0.131. The van der Waals surface area contributed by atoms with Gasteiger partial charge in [-0.2, -0.15) is 0 Å². The number of rotatable bonds is 3. The maximum atomic E-state index is 13.7. The number of aromatic hydroxyl groups is 1. The first-order chi connectivity index (χ1) is 7.82. The van der Waals surface area contributed by atoms with Crippen LogP contribution in [0.1, 0.15) is 21.5 Å². The second-order valence-corrected chi connectivity index (χ2v) is 3.46. The largest absolute Gasteiger partial charge is 0.504 e. The molecule has 0 spiro atoms. The van der Waals surface area contributed by atoms with Gasteiger partial charge in [-0.15, -0.1) is 0 Å². The predicted molar refractivity (Wildman–Crippen MR) is 56.1 cm³/mol. The van der Waals surface area contributed by atoms with Gasteiger partial charge < -0.3 is 14.9 Å². The van der Waals surface area contributed by atoms with E-state index < -0.39 is 28.9 Å². The van der Waals surface area contributed by atoms with Crippen molar-refractivity contribution in [3.63, 3.8) is 0 Å². The second-order valence-electron chi connectivity index (χ2n) is 3.46. The number of methoxy groups -OCH3 is 1. The van der Waals surface area contributed by atoms with E-state index in [0.29, 0.717) is 0 Å². The first-order valence-corrected chi connectivity index (χ1v) is 4.66. The lowest BCUT2D eigenvalue weighted by Gasteiger charge is -2.14. The number of carbonyl (C=O) groups is 2. The van der Waals surface area contributed by atoms with Crippen molar-refractivity contribution in [2.75, 3.05) is 7.11 Å². The number of carbonyl (C=O) groups excluding carboxylic acids is 1. The molecule has 0 aliphatic rings. The van der Waals surface area contributed by atoms with E-state index in [-0.39, 0.29) is 16.9 Å². The van der Waals surface area contributed by atoms with E-state index in [0.717, 1.165) is 0 Å². The number of phenolic OH excluding ortho intramolecular Hbond substituents is 1. The Labute approximate surface area is 96.4 Å². The average molecular weight is 242 g/mol. The van der Waals surface area contributed by atoms with E-state index in [2.05, 4.69) is 0 Å². The standard InChI is InChI=1S/C11H11FO5/c1-4-6(9(14)11(15)16)8(13)10(17-3)5(2)7(4)12/h13H,1-3H3,(H,15,16). The highest BCUT2D eigenvalue weighted by Gasteiger charge is 2.28. The van der Waals surface area contributed by atoms with E-state index in [1.54, 1.807) is 0 Å². The van der Waals surface area contributed by atoms with E-state index in [4.69, 9.17) is 9.84 Å². The monoisotopic (exact) mass is 242 g/mol. The molecule has 17 heavy (non-hydrogen) atoms. The number of carboxylic acids is 1. The van der Waals surface area contributed by atoms with Crippen LogP contribution < -0.4 is 4.74 Å². The van der Waals surface area contributed by atoms with Crippen molar-refractivity contribution in [3.8, 4) is 11.5 Å². The molecular formula is C11H11FO5. The van der Waals surface area contributed by atoms with Crippen molar-refractivity contribution in [1.82, 2.24) is 0 Å². The van der Waals surface area contributed by atoms with E-state index in [1.165, 1.54) is 21.0 Å². The summed E-state index contributed by atoms with van der Waals surface area (Å²) in [6.45, 7) is 2.58. The zero-order chi connectivity index (χ0) is 13.3. The van der Waals surface area contributed by atoms with Crippen LogP contribution in [0.4, 0.5) is 4.39 Å². The van der Waals surface area contributed by atoms with Crippen LogP contribution in [0.5, 0.6) is 11.5 Å². The molecule has 0 saturated carbocycles. The zero-order valence-corrected chi connectivity index (χ0v) is 9.50. The summed E-state index contributed by atoms with van der Waals surface area (Å²) in [4.78, 5) is 21.9. The highest BCUT2D eigenvalue weighted by atomic mass is 19.1. The number of hydrogen-bond acceptors (Lipinski definition) is 4. The molecule has 0 aromatic heterocycles. The smallest absolute Gasteiger partial charge is 0.377 e. The van der Waals surface area contributed by atoms with Crippen molar-refractivity contribution in [1.29, 1.82) is 0 Å². The van der Waals surface area contributed by atoms with Crippen LogP contribution >= 0.6 is 0 Å². The predicted octanol–water partition coefficient (Wildman–Crippen LogP) is 1.42. The fourth-order valence-electron chi connectivity index (χ4n) is 1.59. The minimum absolute atomic E-state index is 0.0180. The fraction of sp³-hybridized carbons (Fsp3) is 0.273. The summed E-state index contributed by atoms with van der Waals surface area (Å²) in [5.41, 5.74) is -0.782. The molecule has 1 aromatic carbocycles. The van der Waals surface area contributed by atoms with Gasteiger partial charge in [0.25, 0.3) is 5.78 Å². The van der Waals surface area contributed by atoms with Crippen molar-refractivity contribution in [2.24, 2.45) is 0 Å². The molecule has 0 amide bonds. The summed E-state index contributed by atoms with van der Waals surface area (Å²) in [7, 11) is 1.19. The molecule has 0 aliphatic heterocycles. The Morgan fingerprint density at radius 2 is 1.76 bits per heavy atom. The van der Waals surface area contributed by atoms with E-state index >= 15 is 0 Å². The summed E-state index contributed by atoms with van der Waals surface area (Å²) in [5, 5.41) is 18.3. The van der Waals surface area contributed by atoms with Gasteiger partial charge in [-0.1, -0.05) is 0 Å². The molecule has 1 aromatic rings. The molecule has 0 radical (unpaired) electrons. The lowest BCUT2D eigenvalue weighted by atomic mass is 9.98. The molecular weight excluding hydrogens is 231 g/mol. The van der Waals surface area contributed by atoms with Gasteiger partial charge in [0.2, 0.25) is 0 Å². The molecule has 5 nitrogen and oxygen atoms in total. The third-order valence-corrected chi connectivity index (χ3v) is 2.45. The van der Waals surface area contributed by atoms with Crippen molar-refractivity contribution in [2.45, 2.75) is 13.8 Å². The molecule has 6 heteroatoms. The van der Waals surface area contributed by atoms with Gasteiger partial charge in [0.1, 0.15) is 5.82 Å². The third kappa shape index (κ3) is 1.93. The number of benzene rings is 1. The molecule has 0 atom stereocenters. The minimum Gasteiger partial charge on any atom is -0.504 e. The topological polar surface area (TPSA) is 83.8 Å². The number of halogens is 1. The Morgan fingerprint density at radius 3 is 2.18 bits per heavy atom. The summed E-state index contributed by atoms with van der Waals surface area (Å²) >= 11 is 0. The Bertz CT molecular complexity index is 507. The Balaban J connectivity index is 3.67. The number of ether oxygens (including phenoxy) is 1. The maximum absolute atomic E-state index is 13.7. The van der Waals surface area contributed by atoms with E-state index in [9.17, 15) is 19.1 Å². The summed E-state index contributed by atoms with van der Waals surface area (Å²) < 4.78 is 18.5. The minimum atomic E-state index is -1.77. The maximum Gasteiger partial charge on any atom is 0.377 e. The summed E-state index contributed by atoms with van der Waals surface area (Å²) in [6.07, 6.45) is 0. The molecule has 0 aliphatic carbocycles. The van der Waals surface area contributed by atoms with Crippen LogP contribution in [0.15, 0.2) is 0 Å². The highest BCUT2D eigenvalue weighted by molar-refractivity contribution is 6.41. The first kappa shape index (κ1) is 13.0. The van der Waals surface area contributed by atoms with Gasteiger partial charge in [-0.05, 0) is 13.8 Å². The number of carboxylic acid groups (broad SMARTS) is 1. The molecule has 92 valence electrons. The van der Waals surface area contributed by atoms with Gasteiger partial charge in [0, 0.05) is 11.1 Å². The molecule has 0 heterocycles. The number of phenols is 1. The van der Waals surface area contributed by atoms with E-state index in [1.807, 2.05) is 0 Å². The Hall–Kier alpha value is -2.11. The van der Waals surface area contributed by atoms with Crippen LogP contribution in [0.2, 0.25) is 0 Å². The average Bonchev–Trinajstić information content (AvgIpc) is 2.27. The molecule has 1 rings (SSSR count). The lowest BCUT2D eigenvalue weighted by Crippen LogP contribution is -2.16. The number of aliphatic carboxylic acids is 1. The fourth-order valence-corrected chi connectivity index (χ4v) is 1.59. The van der Waals surface area contributed by atoms with Crippen molar-refractivity contribution < 1.29 is 28.9 Å². The third-order valence-electron chi connectivity index (χ3n) is 2.45. The quantitative estimate of drug-likeness (QED) is 0.618. The SMILES string of the molecule is COc1c(C)c(F)c(C)c(C(=O)C(=O)O)c1O. The van der Waals surface area contributed by atoms with Gasteiger partial charge >= 0.3 is 5.97 Å². The van der Waals surface area contributed by atoms with Crippen molar-refractivity contribution >= 4 is 11.8 Å². The first-order valence-electron chi connectivity index (χ1n) is 4.66. The van der Waals surface area contributed by atoms with Crippen LogP contribution in [0, 0.1) is 19.7 Å². The van der Waals surface area contributed by atoms with Gasteiger partial charge in [-0.25, -0.2) is 9.18 Å². The van der Waals surface area contributed by atoms with Crippen LogP contribution in [0.25, 0.3) is 0 Å². The van der Waals surface area contributed by atoms with Crippen LogP contribution in [-0.4, -0.2) is 29.1 Å². The highest BCUT2D eigenvalue weighted by Crippen LogP contribution is 2.38. The van der Waals surface area contributed by atoms with Gasteiger partial charge in [-0.3, -0.25) is 4.79 Å². The second kappa shape index (κ2) is 4.40. The number of Topliss-reactive ketones (excluding diaryl/α,β-unsaturated/α-hetero) is 1. The summed E-state index contributed by atoms with van der Waals surface area (Å²) in [6, 6.07) is 0. The van der Waals surface area contributed by atoms with Gasteiger partial charge in [0.15, 0.2) is 11.5 Å². The zero-order valence-electron chi connectivity index (χ0n) is 9.50. The van der Waals surface area contributed by atoms with Crippen LogP contribution in [0.3, 0.4) is 0 Å². The molecule has 0 fully saturated rings. The number of hydrogen-bond donors (Lipinski definition) is 2. The summed E-state index contributed by atoms with van der Waals surface area (Å²) in [5.74, 6) is -4.82. The Morgan fingerprint density at radius 1 is 1.24 bits per heavy atom. The van der Waals surface area contributed by atoms with Crippen LogP contribution in [-0.2, 0) is 4.79 Å². The Kier molecular flexibility index (Phi) is 3.36. The molecule has 2 N–H and O–H groups in total. The molecule has 0 unspecified atom stereocenters. The van der Waals surface area contributed by atoms with Crippen molar-refractivity contribution in [3.05, 3.63) is 22.5 Å². The normalized spacial score (nSPS) is 10.1. The molecule has 0 saturated heterocycles.